The molecular weight excluding hydrogens is 402 g/mol. The third-order valence-electron chi connectivity index (χ3n) is 3.01. The number of alkyl halides is 3. The van der Waals surface area contributed by atoms with Crippen molar-refractivity contribution in [2.75, 3.05) is 0 Å². The summed E-state index contributed by atoms with van der Waals surface area (Å²) in [5.74, 6) is -1.82. The van der Waals surface area contributed by atoms with Crippen molar-refractivity contribution in [3.8, 4) is 22.9 Å². The third-order valence-corrected chi connectivity index (χ3v) is 3.56. The molecule has 0 amide bonds. The maximum Gasteiger partial charge on any atom is 0.573 e. The topological polar surface area (TPSA) is 84.2 Å². The Hall–Kier alpha value is -2.72. The van der Waals surface area contributed by atoms with Crippen LogP contribution in [0.5, 0.6) is 5.75 Å². The van der Waals surface area contributed by atoms with Crippen LogP contribution in [0, 0.1) is 5.21 Å². The lowest BCUT2D eigenvalue weighted by Gasteiger charge is -2.08. The summed E-state index contributed by atoms with van der Waals surface area (Å²) in [6, 6.07) is 4.68. The predicted molar refractivity (Wildman–Crippen MR) is 83.2 cm³/mol. The second-order valence-electron chi connectivity index (χ2n) is 4.82. The van der Waals surface area contributed by atoms with Crippen LogP contribution in [-0.2, 0) is 0 Å². The molecule has 0 saturated carbocycles. The lowest BCUT2D eigenvalue weighted by Crippen LogP contribution is -2.26. The fraction of sp³-hybridized carbons (Fsp3) is 0.0714. The molecule has 0 saturated heterocycles. The van der Waals surface area contributed by atoms with E-state index >= 15 is 0 Å². The Morgan fingerprint density at radius 3 is 2.50 bits per heavy atom. The zero-order valence-corrected chi connectivity index (χ0v) is 13.8. The van der Waals surface area contributed by atoms with Crippen LogP contribution < -0.4 is 15.2 Å². The number of nitrogens with zero attached hydrogens (tertiary/aromatic N) is 3. The van der Waals surface area contributed by atoms with Crippen molar-refractivity contribution >= 4 is 23.2 Å². The number of aromatic nitrogens is 3. The van der Waals surface area contributed by atoms with E-state index in [1.165, 1.54) is 12.1 Å². The van der Waals surface area contributed by atoms with E-state index in [0.717, 1.165) is 24.5 Å². The van der Waals surface area contributed by atoms with Gasteiger partial charge >= 0.3 is 12.1 Å². The molecule has 12 heteroatoms. The average Bonchev–Trinajstić information content (AvgIpc) is 2.87. The third kappa shape index (κ3) is 3.75. The number of hydrogen-bond acceptors (Lipinski definition) is 5. The maximum atomic E-state index is 12.3. The van der Waals surface area contributed by atoms with Crippen LogP contribution >= 0.6 is 23.2 Å². The van der Waals surface area contributed by atoms with Gasteiger partial charge in [0.1, 0.15) is 21.5 Å². The number of halogens is 5. The first kappa shape index (κ1) is 18.1. The molecule has 2 heterocycles. The average molecular weight is 408 g/mol. The number of pyridine rings is 1. The van der Waals surface area contributed by atoms with Crippen LogP contribution in [0.3, 0.4) is 0 Å². The Labute approximate surface area is 152 Å². The monoisotopic (exact) mass is 407 g/mol. The SMILES string of the molecule is O=c1oc(-c2cccc(OC(F)(F)F)c2)nn1-c1c(Cl)c[n+]([O-])cc1Cl. The summed E-state index contributed by atoms with van der Waals surface area (Å²) in [5.41, 5.74) is -0.0622. The molecule has 0 fully saturated rings. The van der Waals surface area contributed by atoms with Crippen molar-refractivity contribution < 1.29 is 27.1 Å². The summed E-state index contributed by atoms with van der Waals surface area (Å²) in [6.07, 6.45) is -2.99. The highest BCUT2D eigenvalue weighted by Gasteiger charge is 2.31. The van der Waals surface area contributed by atoms with Gasteiger partial charge in [-0.05, 0) is 18.2 Å². The smallest absolute Gasteiger partial charge is 0.573 e. The molecule has 3 aromatic rings. The summed E-state index contributed by atoms with van der Waals surface area (Å²) < 4.78 is 46.7. The van der Waals surface area contributed by atoms with Crippen molar-refractivity contribution in [3.05, 3.63) is 62.5 Å². The van der Waals surface area contributed by atoms with E-state index in [-0.39, 0.29) is 27.2 Å². The molecule has 0 aliphatic heterocycles. The van der Waals surface area contributed by atoms with Crippen LogP contribution in [0.25, 0.3) is 17.1 Å². The van der Waals surface area contributed by atoms with Crippen LogP contribution in [-0.4, -0.2) is 16.1 Å². The molecule has 0 aliphatic rings. The predicted octanol–water partition coefficient (Wildman–Crippen LogP) is 3.33. The van der Waals surface area contributed by atoms with Crippen LogP contribution in [0.1, 0.15) is 0 Å². The van der Waals surface area contributed by atoms with Crippen LogP contribution in [0.15, 0.2) is 45.9 Å². The first-order valence-electron chi connectivity index (χ1n) is 6.68. The number of ether oxygens (including phenoxy) is 1. The molecule has 1 aromatic carbocycles. The Bertz CT molecular complexity index is 1010. The molecule has 0 aliphatic carbocycles. The second kappa shape index (κ2) is 6.54. The van der Waals surface area contributed by atoms with Gasteiger partial charge < -0.3 is 14.4 Å². The minimum absolute atomic E-state index is 0.0460. The van der Waals surface area contributed by atoms with Gasteiger partial charge in [-0.1, -0.05) is 29.3 Å². The van der Waals surface area contributed by atoms with E-state index < -0.39 is 17.9 Å². The Morgan fingerprint density at radius 1 is 1.23 bits per heavy atom. The molecule has 0 bridgehead atoms. The fourth-order valence-corrected chi connectivity index (χ4v) is 2.67. The highest BCUT2D eigenvalue weighted by molar-refractivity contribution is 6.37. The second-order valence-corrected chi connectivity index (χ2v) is 5.64. The minimum atomic E-state index is -4.88. The maximum absolute atomic E-state index is 12.3. The van der Waals surface area contributed by atoms with Crippen molar-refractivity contribution in [1.82, 2.24) is 9.78 Å². The van der Waals surface area contributed by atoms with E-state index in [1.807, 2.05) is 0 Å². The molecule has 0 N–H and O–H groups in total. The quantitative estimate of drug-likeness (QED) is 0.491. The zero-order valence-electron chi connectivity index (χ0n) is 12.3. The molecule has 136 valence electrons. The number of rotatable bonds is 3. The lowest BCUT2D eigenvalue weighted by atomic mass is 10.2. The first-order chi connectivity index (χ1) is 12.1. The standard InChI is InChI=1S/C14H6Cl2F3N3O4/c15-9-5-21(24)6-10(16)11(9)22-13(23)25-12(20-22)7-2-1-3-8(4-7)26-14(17,18)19/h1-6H. The van der Waals surface area contributed by atoms with Crippen molar-refractivity contribution in [2.24, 2.45) is 0 Å². The zero-order chi connectivity index (χ0) is 19.1. The van der Waals surface area contributed by atoms with Crippen molar-refractivity contribution in [2.45, 2.75) is 6.36 Å². The van der Waals surface area contributed by atoms with Gasteiger partial charge in [0.05, 0.1) is 0 Å². The highest BCUT2D eigenvalue weighted by atomic mass is 35.5. The van der Waals surface area contributed by atoms with E-state index in [0.29, 0.717) is 9.41 Å². The summed E-state index contributed by atoms with van der Waals surface area (Å²) in [4.78, 5) is 12.0. The van der Waals surface area contributed by atoms with E-state index in [1.54, 1.807) is 0 Å². The normalized spacial score (nSPS) is 11.6. The van der Waals surface area contributed by atoms with Crippen molar-refractivity contribution in [3.63, 3.8) is 0 Å². The Balaban J connectivity index is 2.05. The van der Waals surface area contributed by atoms with E-state index in [9.17, 15) is 23.2 Å². The van der Waals surface area contributed by atoms with E-state index in [4.69, 9.17) is 27.6 Å². The van der Waals surface area contributed by atoms with Crippen LogP contribution in [0.4, 0.5) is 13.2 Å². The lowest BCUT2D eigenvalue weighted by molar-refractivity contribution is -0.605. The molecule has 2 aromatic heterocycles. The Kier molecular flexibility index (Phi) is 4.55. The molecule has 0 unspecified atom stereocenters. The summed E-state index contributed by atoms with van der Waals surface area (Å²) in [5, 5.41) is 14.8. The Morgan fingerprint density at radius 2 is 1.88 bits per heavy atom. The van der Waals surface area contributed by atoms with Crippen molar-refractivity contribution in [1.29, 1.82) is 0 Å². The van der Waals surface area contributed by atoms with Gasteiger partial charge in [-0.3, -0.25) is 0 Å². The van der Waals surface area contributed by atoms with Gasteiger partial charge in [-0.15, -0.1) is 18.3 Å². The molecule has 26 heavy (non-hydrogen) atoms. The largest absolute Gasteiger partial charge is 0.619 e. The summed E-state index contributed by atoms with van der Waals surface area (Å²) in [7, 11) is 0. The van der Waals surface area contributed by atoms with Gasteiger partial charge in [0.25, 0.3) is 0 Å². The molecule has 0 atom stereocenters. The minimum Gasteiger partial charge on any atom is -0.619 e. The first-order valence-corrected chi connectivity index (χ1v) is 7.44. The molecule has 3 rings (SSSR count). The van der Waals surface area contributed by atoms with Crippen LogP contribution in [0.2, 0.25) is 10.0 Å². The highest BCUT2D eigenvalue weighted by Crippen LogP contribution is 2.29. The van der Waals surface area contributed by atoms with Gasteiger partial charge in [0.15, 0.2) is 0 Å². The molecule has 0 spiro atoms. The van der Waals surface area contributed by atoms with Gasteiger partial charge in [-0.2, -0.15) is 9.41 Å². The molecular formula is C14H6Cl2F3N3O4. The van der Waals surface area contributed by atoms with Gasteiger partial charge in [-0.25, -0.2) is 4.79 Å². The summed E-state index contributed by atoms with van der Waals surface area (Å²) in [6.45, 7) is 0. The fourth-order valence-electron chi connectivity index (χ4n) is 2.06. The number of hydrogen-bond donors (Lipinski definition) is 0. The number of benzene rings is 1. The molecule has 0 radical (unpaired) electrons. The van der Waals surface area contributed by atoms with Gasteiger partial charge in [0, 0.05) is 5.56 Å². The van der Waals surface area contributed by atoms with Gasteiger partial charge in [0.2, 0.25) is 18.3 Å². The molecule has 7 nitrogen and oxygen atoms in total. The summed E-state index contributed by atoms with van der Waals surface area (Å²) >= 11 is 11.8. The van der Waals surface area contributed by atoms with E-state index in [2.05, 4.69) is 9.84 Å².